The fraction of sp³-hybridized carbons (Fsp3) is 0.919. The summed E-state index contributed by atoms with van der Waals surface area (Å²) in [6, 6.07) is -0.776. The number of nitrogens with zero attached hydrogens (tertiary/aromatic N) is 4. The van der Waals surface area contributed by atoms with Crippen molar-refractivity contribution < 1.29 is 57.1 Å². The van der Waals surface area contributed by atoms with Crippen LogP contribution in [0.25, 0.3) is 10.4 Å². The van der Waals surface area contributed by atoms with Crippen LogP contribution >= 0.6 is 0 Å². The molecule has 0 aromatic heterocycles. The Morgan fingerprint density at radius 1 is 0.774 bits per heavy atom. The van der Waals surface area contributed by atoms with Crippen LogP contribution in [0.4, 0.5) is 4.79 Å². The monoisotopic (exact) mass is 758 g/mol. The van der Waals surface area contributed by atoms with Gasteiger partial charge in [-0.1, -0.05) is 83.8 Å². The highest BCUT2D eigenvalue weighted by atomic mass is 16.8. The predicted molar refractivity (Wildman–Crippen MR) is 195 cm³/mol. The lowest BCUT2D eigenvalue weighted by Crippen LogP contribution is -2.62. The molecule has 2 fully saturated rings. The number of unbranched alkanes of at least 4 members (excludes halogenated alkanes) is 5. The summed E-state index contributed by atoms with van der Waals surface area (Å²) in [5.41, 5.74) is 9.66. The second-order valence-corrected chi connectivity index (χ2v) is 13.3. The van der Waals surface area contributed by atoms with Crippen LogP contribution < -0.4 is 0 Å². The maximum atomic E-state index is 12.7. The zero-order valence-corrected chi connectivity index (χ0v) is 32.9. The topological polar surface area (TPSA) is 186 Å². The molecule has 53 heavy (non-hydrogen) atoms. The van der Waals surface area contributed by atoms with Crippen LogP contribution in [0, 0.1) is 0 Å². The molecule has 0 saturated carbocycles. The van der Waals surface area contributed by atoms with Gasteiger partial charge in [-0.3, -0.25) is 14.4 Å². The van der Waals surface area contributed by atoms with E-state index in [9.17, 15) is 19.9 Å². The average molecular weight is 759 g/mol. The third kappa shape index (κ3) is 16.4. The normalized spacial score (nSPS) is 23.4. The highest BCUT2D eigenvalue weighted by molar-refractivity contribution is 6.01. The van der Waals surface area contributed by atoms with Gasteiger partial charge in [0.2, 0.25) is 0 Å². The summed E-state index contributed by atoms with van der Waals surface area (Å²) in [4.78, 5) is 44.9. The Kier molecular flexibility index (Phi) is 24.6. The zero-order valence-electron chi connectivity index (χ0n) is 32.9. The highest BCUT2D eigenvalue weighted by Gasteiger charge is 2.50. The Balaban J connectivity index is 2.44. The van der Waals surface area contributed by atoms with Crippen molar-refractivity contribution in [2.75, 3.05) is 46.2 Å². The fourth-order valence-electron chi connectivity index (χ4n) is 5.82. The average Bonchev–Trinajstić information content (AvgIpc) is 3.47. The summed E-state index contributed by atoms with van der Waals surface area (Å²) in [5, 5.41) is 4.54. The lowest BCUT2D eigenvalue weighted by atomic mass is 9.97. The second kappa shape index (κ2) is 27.9. The third-order valence-electron chi connectivity index (χ3n) is 8.97. The number of carbonyl (C=O) groups excluding carboxylic acids is 3. The van der Waals surface area contributed by atoms with Crippen LogP contribution in [0.2, 0.25) is 0 Å². The number of amides is 2. The second-order valence-electron chi connectivity index (χ2n) is 13.3. The number of imide groups is 1. The molecule has 2 unspecified atom stereocenters. The molecule has 2 rings (SSSR count). The summed E-state index contributed by atoms with van der Waals surface area (Å²) < 4.78 is 50.3. The third-order valence-corrected chi connectivity index (χ3v) is 8.97. The molecule has 2 aliphatic heterocycles. The maximum Gasteiger partial charge on any atom is 0.534 e. The Labute approximate surface area is 315 Å². The number of carbonyl (C=O) groups is 3. The molecule has 0 bridgehead atoms. The van der Waals surface area contributed by atoms with Gasteiger partial charge in [0.25, 0.3) is 11.8 Å². The number of hydrogen-bond donors (Lipinski definition) is 0. The number of hydrogen-bond acceptors (Lipinski definition) is 13. The van der Waals surface area contributed by atoms with Crippen molar-refractivity contribution in [2.45, 2.75) is 174 Å². The Morgan fingerprint density at radius 3 is 1.85 bits per heavy atom. The number of hydroxylamine groups is 2. The summed E-state index contributed by atoms with van der Waals surface area (Å²) in [6.45, 7) is 14.1. The van der Waals surface area contributed by atoms with E-state index in [2.05, 4.69) is 37.7 Å². The van der Waals surface area contributed by atoms with Crippen molar-refractivity contribution in [1.82, 2.24) is 5.06 Å². The molecule has 0 aliphatic carbocycles. The standard InChI is InChI=1S/C37H66N4O12/c1-7-13-20-45-28(12-6)32(46-21-14-8-2)27(39-40-38)25-50-36-35(49-24-17-11-5)34(48-23-16-10-4)33(47-22-15-9-3)29(52-36)26-51-37(44)53-41-30(42)18-19-31(41)43/h27-29,32-36H,7-26H2,1-6H3/t27-,28+,29?,32-,33-,34-,35?,36-/m0/s1. The lowest BCUT2D eigenvalue weighted by Gasteiger charge is -2.46. The summed E-state index contributed by atoms with van der Waals surface area (Å²) >= 11 is 0. The van der Waals surface area contributed by atoms with Crippen molar-refractivity contribution in [3.05, 3.63) is 10.4 Å². The van der Waals surface area contributed by atoms with Gasteiger partial charge < -0.3 is 37.9 Å². The molecule has 8 atom stereocenters. The minimum atomic E-state index is -1.24. The van der Waals surface area contributed by atoms with E-state index >= 15 is 0 Å². The predicted octanol–water partition coefficient (Wildman–Crippen LogP) is 6.96. The van der Waals surface area contributed by atoms with Crippen molar-refractivity contribution in [1.29, 1.82) is 0 Å². The van der Waals surface area contributed by atoms with Crippen LogP contribution in [-0.4, -0.2) is 118 Å². The van der Waals surface area contributed by atoms with Crippen molar-refractivity contribution in [3.8, 4) is 0 Å². The van der Waals surface area contributed by atoms with E-state index < -0.39 is 60.8 Å². The van der Waals surface area contributed by atoms with E-state index in [1.807, 2.05) is 13.8 Å². The first-order valence-electron chi connectivity index (χ1n) is 19.9. The van der Waals surface area contributed by atoms with Crippen LogP contribution in [-0.2, 0) is 52.3 Å². The van der Waals surface area contributed by atoms with Gasteiger partial charge >= 0.3 is 6.16 Å². The van der Waals surface area contributed by atoms with Gasteiger partial charge in [0.05, 0.1) is 24.9 Å². The van der Waals surface area contributed by atoms with Gasteiger partial charge in [-0.15, -0.1) is 0 Å². The van der Waals surface area contributed by atoms with Crippen molar-refractivity contribution >= 4 is 18.0 Å². The molecule has 2 amide bonds. The highest BCUT2D eigenvalue weighted by Crippen LogP contribution is 2.31. The van der Waals surface area contributed by atoms with Crippen molar-refractivity contribution in [3.63, 3.8) is 0 Å². The lowest BCUT2D eigenvalue weighted by molar-refractivity contribution is -0.324. The molecule has 2 saturated heterocycles. The van der Waals surface area contributed by atoms with E-state index in [0.29, 0.717) is 44.5 Å². The first-order valence-corrected chi connectivity index (χ1v) is 19.9. The molecule has 306 valence electrons. The van der Waals surface area contributed by atoms with Gasteiger partial charge in [0, 0.05) is 50.8 Å². The van der Waals surface area contributed by atoms with E-state index in [0.717, 1.165) is 64.2 Å². The molecule has 0 radical (unpaired) electrons. The molecular weight excluding hydrogens is 692 g/mol. The molecular formula is C37H66N4O12. The van der Waals surface area contributed by atoms with Crippen molar-refractivity contribution in [2.24, 2.45) is 5.11 Å². The maximum absolute atomic E-state index is 12.7. The quantitative estimate of drug-likeness (QED) is 0.0183. The number of azide groups is 1. The first kappa shape index (κ1) is 46.6. The number of ether oxygens (including phenoxy) is 8. The molecule has 16 heteroatoms. The molecule has 0 aromatic rings. The Morgan fingerprint density at radius 2 is 1.30 bits per heavy atom. The van der Waals surface area contributed by atoms with Gasteiger partial charge in [-0.25, -0.2) is 4.79 Å². The summed E-state index contributed by atoms with van der Waals surface area (Å²) in [7, 11) is 0. The Hall–Kier alpha value is -2.56. The minimum Gasteiger partial charge on any atom is -0.430 e. The fourth-order valence-corrected chi connectivity index (χ4v) is 5.82. The summed E-state index contributed by atoms with van der Waals surface area (Å²) in [5.74, 6) is -1.25. The molecule has 0 aromatic carbocycles. The van der Waals surface area contributed by atoms with Gasteiger partial charge in [-0.2, -0.15) is 0 Å². The zero-order chi connectivity index (χ0) is 38.8. The van der Waals surface area contributed by atoms with E-state index in [1.165, 1.54) is 0 Å². The van der Waals surface area contributed by atoms with E-state index in [4.69, 9.17) is 42.7 Å². The van der Waals surface area contributed by atoms with Crippen LogP contribution in [0.1, 0.15) is 125 Å². The van der Waals surface area contributed by atoms with Gasteiger partial charge in [0.1, 0.15) is 31.0 Å². The first-order chi connectivity index (χ1) is 25.8. The minimum absolute atomic E-state index is 0.0500. The molecule has 2 aliphatic rings. The van der Waals surface area contributed by atoms with Crippen LogP contribution in [0.3, 0.4) is 0 Å². The largest absolute Gasteiger partial charge is 0.534 e. The smallest absolute Gasteiger partial charge is 0.430 e. The SMILES string of the molecule is CCCCOC1[C@@H](OC[C@H](N=[N+]=[N-])[C@H](OCCCC)[C@@H](CC)OCCCC)OC(COC(=O)ON2C(=O)CCC2=O)[C@H](OCCCC)[C@@H]1OCCCC. The van der Waals surface area contributed by atoms with Gasteiger partial charge in [-0.05, 0) is 44.1 Å². The molecule has 0 spiro atoms. The molecule has 0 N–H and O–H groups in total. The number of rotatable bonds is 30. The molecule has 16 nitrogen and oxygen atoms in total. The van der Waals surface area contributed by atoms with Crippen LogP contribution in [0.5, 0.6) is 0 Å². The van der Waals surface area contributed by atoms with E-state index in [-0.39, 0.29) is 32.2 Å². The van der Waals surface area contributed by atoms with E-state index in [1.54, 1.807) is 0 Å². The Bertz CT molecular complexity index is 1060. The molecule has 2 heterocycles. The van der Waals surface area contributed by atoms with Gasteiger partial charge in [0.15, 0.2) is 6.29 Å². The van der Waals surface area contributed by atoms with Crippen LogP contribution in [0.15, 0.2) is 5.11 Å². The summed E-state index contributed by atoms with van der Waals surface area (Å²) in [6.07, 6.45) is 2.76.